The zero-order valence-corrected chi connectivity index (χ0v) is 16.4. The Morgan fingerprint density at radius 3 is 2.44 bits per heavy atom. The molecule has 0 saturated carbocycles. The molecule has 7 atom stereocenters. The van der Waals surface area contributed by atoms with Crippen molar-refractivity contribution in [1.29, 1.82) is 0 Å². The predicted octanol–water partition coefficient (Wildman–Crippen LogP) is -0.646. The molecule has 1 fully saturated rings. The molecule has 11 heteroatoms. The second kappa shape index (κ2) is 7.50. The summed E-state index contributed by atoms with van der Waals surface area (Å²) in [5, 5.41) is 59.0. The Bertz CT molecular complexity index is 1070. The summed E-state index contributed by atoms with van der Waals surface area (Å²) in [4.78, 5) is 13.0. The number of carbonyl (C=O) groups excluding carboxylic acids is 1. The summed E-state index contributed by atoms with van der Waals surface area (Å²) in [6, 6.07) is 6.75. The van der Waals surface area contributed by atoms with Gasteiger partial charge in [0.15, 0.2) is 5.78 Å². The first-order chi connectivity index (χ1) is 15.3. The van der Waals surface area contributed by atoms with E-state index in [-0.39, 0.29) is 28.6 Å². The average Bonchev–Trinajstić information content (AvgIpc) is 3.11. The minimum Gasteiger partial charge on any atom is -0.508 e. The fourth-order valence-electron chi connectivity index (χ4n) is 4.15. The summed E-state index contributed by atoms with van der Waals surface area (Å²) < 4.78 is 22.3. The third kappa shape index (κ3) is 3.14. The van der Waals surface area contributed by atoms with Gasteiger partial charge in [-0.2, -0.15) is 0 Å². The van der Waals surface area contributed by atoms with Crippen LogP contribution in [0.4, 0.5) is 0 Å². The van der Waals surface area contributed by atoms with Crippen molar-refractivity contribution in [2.75, 3.05) is 6.61 Å². The fraction of sp³-hybridized carbons (Fsp3) is 0.381. The zero-order valence-electron chi connectivity index (χ0n) is 16.4. The van der Waals surface area contributed by atoms with Gasteiger partial charge in [-0.3, -0.25) is 4.79 Å². The first kappa shape index (κ1) is 20.8. The number of ether oxygens (including phenoxy) is 4. The van der Waals surface area contributed by atoms with Crippen molar-refractivity contribution in [3.63, 3.8) is 0 Å². The van der Waals surface area contributed by atoms with Crippen molar-refractivity contribution in [1.82, 2.24) is 0 Å². The van der Waals surface area contributed by atoms with E-state index in [1.807, 2.05) is 0 Å². The molecule has 5 rings (SSSR count). The van der Waals surface area contributed by atoms with Crippen LogP contribution in [0.3, 0.4) is 0 Å². The molecule has 2 aromatic carbocycles. The summed E-state index contributed by atoms with van der Waals surface area (Å²) in [7, 11) is 0. The molecular formula is C21H20O11. The van der Waals surface area contributed by atoms with Gasteiger partial charge in [-0.1, -0.05) is 6.07 Å². The zero-order chi connectivity index (χ0) is 22.7. The number of aromatic hydroxyl groups is 2. The number of phenols is 2. The Morgan fingerprint density at radius 2 is 1.69 bits per heavy atom. The van der Waals surface area contributed by atoms with E-state index in [1.54, 1.807) is 6.07 Å². The van der Waals surface area contributed by atoms with Crippen molar-refractivity contribution in [2.24, 2.45) is 0 Å². The number of hydrogen-bond donors (Lipinski definition) is 6. The molecule has 0 bridgehead atoms. The van der Waals surface area contributed by atoms with Gasteiger partial charge in [0, 0.05) is 23.8 Å². The predicted molar refractivity (Wildman–Crippen MR) is 103 cm³/mol. The van der Waals surface area contributed by atoms with Crippen LogP contribution in [0.25, 0.3) is 0 Å². The molecule has 0 aliphatic carbocycles. The minimum atomic E-state index is -1.59. The molecule has 0 aromatic heterocycles. The van der Waals surface area contributed by atoms with Crippen molar-refractivity contribution in [3.8, 4) is 28.7 Å². The fourth-order valence-corrected chi connectivity index (χ4v) is 4.15. The summed E-state index contributed by atoms with van der Waals surface area (Å²) in [6.07, 6.45) is -8.21. The second-order valence-electron chi connectivity index (χ2n) is 7.80. The molecule has 3 aliphatic heterocycles. The van der Waals surface area contributed by atoms with Crippen molar-refractivity contribution in [2.45, 2.75) is 42.9 Å². The number of rotatable bonds is 3. The number of fused-ring (bicyclic) bond motifs is 4. The smallest absolute Gasteiger partial charge is 0.255 e. The van der Waals surface area contributed by atoms with Gasteiger partial charge in [-0.25, -0.2) is 0 Å². The number of phenolic OH excluding ortho intramolecular Hbond substituents is 2. The van der Waals surface area contributed by atoms with Gasteiger partial charge in [0.25, 0.3) is 6.29 Å². The highest BCUT2D eigenvalue weighted by Crippen LogP contribution is 2.49. The molecule has 0 amide bonds. The average molecular weight is 448 g/mol. The monoisotopic (exact) mass is 448 g/mol. The summed E-state index contributed by atoms with van der Waals surface area (Å²) in [5.41, 5.74) is 0.432. The van der Waals surface area contributed by atoms with Gasteiger partial charge in [-0.15, -0.1) is 0 Å². The Morgan fingerprint density at radius 1 is 0.938 bits per heavy atom. The molecular weight excluding hydrogens is 428 g/mol. The maximum absolute atomic E-state index is 13.0. The molecule has 0 radical (unpaired) electrons. The van der Waals surface area contributed by atoms with E-state index in [0.717, 1.165) is 6.07 Å². The molecule has 170 valence electrons. The molecule has 3 aliphatic rings. The van der Waals surface area contributed by atoms with Crippen LogP contribution >= 0.6 is 0 Å². The quantitative estimate of drug-likeness (QED) is 0.352. The Hall–Kier alpha value is -3.09. The highest BCUT2D eigenvalue weighted by Gasteiger charge is 2.48. The number of hydrogen-bond acceptors (Lipinski definition) is 11. The lowest BCUT2D eigenvalue weighted by Crippen LogP contribution is -2.60. The lowest BCUT2D eigenvalue weighted by atomic mass is 9.88. The van der Waals surface area contributed by atoms with E-state index >= 15 is 0 Å². The van der Waals surface area contributed by atoms with Crippen LogP contribution in [-0.2, 0) is 4.74 Å². The van der Waals surface area contributed by atoms with E-state index in [0.29, 0.717) is 5.56 Å². The number of carbonyl (C=O) groups is 1. The standard InChI is InChI=1S/C21H20O11/c22-6-13-16(25)18(27)19(28)21(32-13)29-8-1-2-9-11(5-8)30-20-14(9)17(26)15-10(24)3-7(23)4-12(15)31-20/h1-5,13-14,16,18-25,27-28H,6H2/t13-,14-,16-,18+,19-,20+,21-/m1/s1. The van der Waals surface area contributed by atoms with Crippen molar-refractivity contribution >= 4 is 5.78 Å². The number of ketones is 1. The maximum Gasteiger partial charge on any atom is 0.255 e. The van der Waals surface area contributed by atoms with E-state index < -0.39 is 61.1 Å². The molecule has 11 nitrogen and oxygen atoms in total. The number of aliphatic hydroxyl groups excluding tert-OH is 4. The van der Waals surface area contributed by atoms with E-state index in [2.05, 4.69) is 0 Å². The second-order valence-corrected chi connectivity index (χ2v) is 7.80. The SMILES string of the molecule is O=C1c2c(O)cc(O)cc2O[C@@H]2Oc3cc(O[C@@H]4O[C@H](CO)[C@@H](O)[C@H](O)[C@H]4O)ccc3[C@H]12. The van der Waals surface area contributed by atoms with Crippen LogP contribution in [-0.4, -0.2) is 80.0 Å². The van der Waals surface area contributed by atoms with Crippen molar-refractivity contribution < 1.29 is 54.4 Å². The lowest BCUT2D eigenvalue weighted by molar-refractivity contribution is -0.277. The summed E-state index contributed by atoms with van der Waals surface area (Å²) in [5.74, 6) is -1.54. The first-order valence-corrected chi connectivity index (χ1v) is 9.83. The molecule has 0 unspecified atom stereocenters. The third-order valence-corrected chi connectivity index (χ3v) is 5.77. The molecule has 1 saturated heterocycles. The largest absolute Gasteiger partial charge is 0.508 e. The molecule has 2 aromatic rings. The van der Waals surface area contributed by atoms with Crippen LogP contribution in [0, 0.1) is 0 Å². The van der Waals surface area contributed by atoms with E-state index in [4.69, 9.17) is 18.9 Å². The molecule has 3 heterocycles. The number of aliphatic hydroxyl groups is 4. The Balaban J connectivity index is 1.40. The van der Waals surface area contributed by atoms with Gasteiger partial charge in [0.1, 0.15) is 64.6 Å². The summed E-state index contributed by atoms with van der Waals surface area (Å²) in [6.45, 7) is -0.593. The molecule has 6 N–H and O–H groups in total. The first-order valence-electron chi connectivity index (χ1n) is 9.83. The Kier molecular flexibility index (Phi) is 4.87. The third-order valence-electron chi connectivity index (χ3n) is 5.77. The van der Waals surface area contributed by atoms with Gasteiger partial charge in [0.2, 0.25) is 6.29 Å². The number of benzene rings is 2. The van der Waals surface area contributed by atoms with Gasteiger partial charge in [-0.05, 0) is 6.07 Å². The topological polar surface area (TPSA) is 175 Å². The van der Waals surface area contributed by atoms with Crippen molar-refractivity contribution in [3.05, 3.63) is 41.5 Å². The maximum atomic E-state index is 13.0. The highest BCUT2D eigenvalue weighted by molar-refractivity contribution is 6.07. The van der Waals surface area contributed by atoms with Crippen LogP contribution < -0.4 is 14.2 Å². The van der Waals surface area contributed by atoms with Crippen LogP contribution in [0.1, 0.15) is 21.8 Å². The van der Waals surface area contributed by atoms with Crippen LogP contribution in [0.2, 0.25) is 0 Å². The van der Waals surface area contributed by atoms with E-state index in [1.165, 1.54) is 18.2 Å². The van der Waals surface area contributed by atoms with E-state index in [9.17, 15) is 35.4 Å². The highest BCUT2D eigenvalue weighted by atomic mass is 16.7. The lowest BCUT2D eigenvalue weighted by Gasteiger charge is -2.39. The summed E-state index contributed by atoms with van der Waals surface area (Å²) >= 11 is 0. The van der Waals surface area contributed by atoms with Gasteiger partial charge < -0.3 is 49.6 Å². The van der Waals surface area contributed by atoms with Gasteiger partial charge in [0.05, 0.1) is 6.61 Å². The minimum absolute atomic E-state index is 0.000604. The number of Topliss-reactive ketones (excluding diaryl/α,β-unsaturated/α-hetero) is 1. The molecule has 32 heavy (non-hydrogen) atoms. The normalized spacial score (nSPS) is 32.9. The van der Waals surface area contributed by atoms with Crippen LogP contribution in [0.5, 0.6) is 28.7 Å². The Labute approximate surface area is 180 Å². The van der Waals surface area contributed by atoms with Crippen LogP contribution in [0.15, 0.2) is 30.3 Å². The molecule has 0 spiro atoms. The van der Waals surface area contributed by atoms with Gasteiger partial charge >= 0.3 is 0 Å².